The zero-order valence-electron chi connectivity index (χ0n) is 34.1. The van der Waals surface area contributed by atoms with Gasteiger partial charge in [0.1, 0.15) is 17.3 Å². The summed E-state index contributed by atoms with van der Waals surface area (Å²) in [6.07, 6.45) is 15.9. The first kappa shape index (κ1) is 38.0. The SMILES string of the molecule is CC1(CC2=CC(C3Cc4ccccc4C(C4=c5ccccc5=CC(c5cc(CC6(C)CCSCC6)ccc5O)=C5CC54)=N3)=C(Oc3ccccc3)CC2)CCSCC1. The molecule has 3 aliphatic heterocycles. The van der Waals surface area contributed by atoms with Crippen molar-refractivity contribution in [2.24, 2.45) is 21.7 Å². The smallest absolute Gasteiger partial charge is 0.126 e. The summed E-state index contributed by atoms with van der Waals surface area (Å²) in [5.74, 6) is 7.59. The van der Waals surface area contributed by atoms with E-state index in [1.165, 1.54) is 98.1 Å². The number of phenolic OH excluding ortho intramolecular Hbond substituents is 1. The van der Waals surface area contributed by atoms with E-state index in [1.54, 1.807) is 5.57 Å². The standard InChI is InChI=1S/C53H55NO2S2/c1-52(20-24-57-25-21-52)33-35-16-18-48(55)44(28-35)42-30-37-10-6-8-14-40(37)50(45-32-43(42)45)51-41-15-9-7-11-38(41)31-47(54-51)46-29-36(34-53(2)22-26-58-27-23-53)17-19-49(46)56-39-12-4-3-5-13-39/h3-16,18,28-30,45,47,55H,17,19-27,31-34H2,1-2H3. The molecular weight excluding hydrogens is 747 g/mol. The fraction of sp³-hybridized carbons (Fsp3) is 0.377. The Hall–Kier alpha value is -4.19. The lowest BCUT2D eigenvalue weighted by Crippen LogP contribution is -2.33. The molecule has 3 fully saturated rings. The zero-order valence-corrected chi connectivity index (χ0v) is 35.7. The maximum Gasteiger partial charge on any atom is 0.126 e. The lowest BCUT2D eigenvalue weighted by atomic mass is 9.75. The van der Waals surface area contributed by atoms with Crippen molar-refractivity contribution in [3.8, 4) is 11.5 Å². The molecule has 1 saturated carbocycles. The van der Waals surface area contributed by atoms with Crippen LogP contribution in [-0.2, 0) is 12.8 Å². The molecule has 0 bridgehead atoms. The number of para-hydroxylation sites is 1. The Morgan fingerprint density at radius 1 is 0.724 bits per heavy atom. The van der Waals surface area contributed by atoms with Crippen LogP contribution in [0.4, 0.5) is 0 Å². The first-order valence-corrected chi connectivity index (χ1v) is 24.0. The number of allylic oxidation sites excluding steroid dienone is 4. The van der Waals surface area contributed by atoms with Crippen molar-refractivity contribution >= 4 is 46.5 Å². The van der Waals surface area contributed by atoms with Crippen LogP contribution >= 0.6 is 23.5 Å². The minimum absolute atomic E-state index is 0.0496. The number of ether oxygens (including phenoxy) is 1. The highest BCUT2D eigenvalue weighted by Crippen LogP contribution is 2.53. The maximum absolute atomic E-state index is 11.5. The second-order valence-electron chi connectivity index (χ2n) is 18.3. The van der Waals surface area contributed by atoms with Gasteiger partial charge in [0.25, 0.3) is 0 Å². The fourth-order valence-electron chi connectivity index (χ4n) is 10.4. The molecule has 296 valence electrons. The van der Waals surface area contributed by atoms with E-state index in [9.17, 15) is 5.11 Å². The summed E-state index contributed by atoms with van der Waals surface area (Å²) in [7, 11) is 0. The van der Waals surface area contributed by atoms with Gasteiger partial charge in [0.2, 0.25) is 0 Å². The fourth-order valence-corrected chi connectivity index (χ4v) is 13.3. The average Bonchev–Trinajstić information content (AvgIpc) is 4.04. The molecule has 5 heteroatoms. The van der Waals surface area contributed by atoms with Gasteiger partial charge in [-0.3, -0.25) is 4.99 Å². The molecule has 2 atom stereocenters. The van der Waals surface area contributed by atoms with Crippen LogP contribution in [0.25, 0.3) is 17.2 Å². The molecule has 0 spiro atoms. The highest BCUT2D eigenvalue weighted by atomic mass is 32.2. The molecule has 3 heterocycles. The average molecular weight is 802 g/mol. The van der Waals surface area contributed by atoms with E-state index in [0.29, 0.717) is 16.6 Å². The molecule has 2 unspecified atom stereocenters. The maximum atomic E-state index is 11.5. The largest absolute Gasteiger partial charge is 0.507 e. The monoisotopic (exact) mass is 801 g/mol. The van der Waals surface area contributed by atoms with Crippen LogP contribution in [0.3, 0.4) is 0 Å². The second-order valence-corrected chi connectivity index (χ2v) is 20.8. The Labute approximate surface area is 353 Å². The summed E-state index contributed by atoms with van der Waals surface area (Å²) in [6, 6.07) is 34.6. The van der Waals surface area contributed by atoms with Crippen LogP contribution in [0.2, 0.25) is 0 Å². The molecular formula is C53H55NO2S2. The van der Waals surface area contributed by atoms with Crippen molar-refractivity contribution in [1.82, 2.24) is 0 Å². The normalized spacial score (nSPS) is 23.4. The van der Waals surface area contributed by atoms with Crippen molar-refractivity contribution in [1.29, 1.82) is 0 Å². The summed E-state index contributed by atoms with van der Waals surface area (Å²) in [5, 5.41) is 14.0. The number of hydrogen-bond acceptors (Lipinski definition) is 5. The molecule has 3 aliphatic carbocycles. The number of phenols is 1. The molecule has 4 aromatic rings. The number of aromatic hydroxyl groups is 1. The van der Waals surface area contributed by atoms with Gasteiger partial charge in [-0.2, -0.15) is 23.5 Å². The molecule has 0 aromatic heterocycles. The highest BCUT2D eigenvalue weighted by molar-refractivity contribution is 7.99. The van der Waals surface area contributed by atoms with E-state index in [-0.39, 0.29) is 12.0 Å². The van der Waals surface area contributed by atoms with Gasteiger partial charge in [-0.25, -0.2) is 0 Å². The number of thioether (sulfide) groups is 2. The van der Waals surface area contributed by atoms with E-state index < -0.39 is 0 Å². The van der Waals surface area contributed by atoms with E-state index in [2.05, 4.69) is 141 Å². The first-order valence-electron chi connectivity index (χ1n) is 21.7. The summed E-state index contributed by atoms with van der Waals surface area (Å²) < 4.78 is 6.82. The minimum Gasteiger partial charge on any atom is -0.507 e. The van der Waals surface area contributed by atoms with Gasteiger partial charge in [0.15, 0.2) is 0 Å². The molecule has 1 N–H and O–H groups in total. The van der Waals surface area contributed by atoms with Gasteiger partial charge < -0.3 is 9.84 Å². The number of nitrogens with zero attached hydrogens (tertiary/aromatic N) is 1. The first-order chi connectivity index (χ1) is 28.3. The number of benzene rings is 4. The van der Waals surface area contributed by atoms with Crippen LogP contribution in [0.1, 0.15) is 87.5 Å². The quantitative estimate of drug-likeness (QED) is 0.183. The van der Waals surface area contributed by atoms with Gasteiger partial charge >= 0.3 is 0 Å². The van der Waals surface area contributed by atoms with Gasteiger partial charge in [-0.05, 0) is 155 Å². The predicted molar refractivity (Wildman–Crippen MR) is 246 cm³/mol. The van der Waals surface area contributed by atoms with Crippen LogP contribution < -0.4 is 15.2 Å². The molecule has 0 amide bonds. The van der Waals surface area contributed by atoms with Crippen LogP contribution in [0.5, 0.6) is 11.5 Å². The third-order valence-corrected chi connectivity index (χ3v) is 15.9. The van der Waals surface area contributed by atoms with Crippen LogP contribution in [0.15, 0.2) is 131 Å². The molecule has 3 nitrogen and oxygen atoms in total. The molecule has 2 saturated heterocycles. The van der Waals surface area contributed by atoms with Crippen molar-refractivity contribution in [3.63, 3.8) is 0 Å². The summed E-state index contributed by atoms with van der Waals surface area (Å²) >= 11 is 4.19. The molecule has 10 rings (SSSR count). The molecule has 6 aliphatic rings. The molecule has 58 heavy (non-hydrogen) atoms. The van der Waals surface area contributed by atoms with Gasteiger partial charge in [-0.1, -0.05) is 104 Å². The third-order valence-electron chi connectivity index (χ3n) is 13.9. The lowest BCUT2D eigenvalue weighted by Gasteiger charge is -2.36. The van der Waals surface area contributed by atoms with E-state index in [1.807, 2.05) is 6.07 Å². The predicted octanol–water partition coefficient (Wildman–Crippen LogP) is 11.3. The Morgan fingerprint density at radius 3 is 2.22 bits per heavy atom. The molecule has 0 radical (unpaired) electrons. The number of aliphatic imine (C=N–C) groups is 1. The summed E-state index contributed by atoms with van der Waals surface area (Å²) in [5.41, 5.74) is 13.4. The third kappa shape index (κ3) is 7.70. The van der Waals surface area contributed by atoms with E-state index in [4.69, 9.17) is 9.73 Å². The van der Waals surface area contributed by atoms with Crippen molar-refractivity contribution in [2.45, 2.75) is 84.1 Å². The van der Waals surface area contributed by atoms with Gasteiger partial charge in [0.05, 0.1) is 11.8 Å². The van der Waals surface area contributed by atoms with Crippen LogP contribution in [0, 0.1) is 16.7 Å². The zero-order chi connectivity index (χ0) is 39.3. The second kappa shape index (κ2) is 15.8. The topological polar surface area (TPSA) is 41.8 Å². The number of fused-ring (bicyclic) bond motifs is 3. The summed E-state index contributed by atoms with van der Waals surface area (Å²) in [6.45, 7) is 4.97. The Bertz CT molecular complexity index is 2500. The van der Waals surface area contributed by atoms with Crippen LogP contribution in [-0.4, -0.2) is 39.9 Å². The Kier molecular flexibility index (Phi) is 10.3. The lowest BCUT2D eigenvalue weighted by molar-refractivity contribution is 0.288. The van der Waals surface area contributed by atoms with E-state index >= 15 is 0 Å². The number of rotatable bonds is 9. The van der Waals surface area contributed by atoms with Crippen molar-refractivity contribution in [3.05, 3.63) is 158 Å². The van der Waals surface area contributed by atoms with Gasteiger partial charge in [-0.15, -0.1) is 0 Å². The van der Waals surface area contributed by atoms with Crippen molar-refractivity contribution in [2.75, 3.05) is 23.0 Å². The number of hydrogen-bond donors (Lipinski definition) is 1. The van der Waals surface area contributed by atoms with Gasteiger partial charge in [0, 0.05) is 29.0 Å². The Morgan fingerprint density at radius 2 is 1.43 bits per heavy atom. The van der Waals surface area contributed by atoms with E-state index in [0.717, 1.165) is 61.3 Å². The minimum atomic E-state index is -0.0496. The van der Waals surface area contributed by atoms with Crippen molar-refractivity contribution < 1.29 is 9.84 Å². The molecule has 4 aromatic carbocycles. The Balaban J connectivity index is 1.08. The summed E-state index contributed by atoms with van der Waals surface area (Å²) in [4.78, 5) is 5.89. The highest BCUT2D eigenvalue weighted by Gasteiger charge is 2.42.